The molecule has 1 saturated heterocycles. The molecule has 4 nitrogen and oxygen atoms in total. The minimum absolute atomic E-state index is 0.156. The van der Waals surface area contributed by atoms with Gasteiger partial charge in [0.15, 0.2) is 0 Å². The zero-order valence-electron chi connectivity index (χ0n) is 13.2. The van der Waals surface area contributed by atoms with Gasteiger partial charge in [-0.05, 0) is 43.6 Å². The van der Waals surface area contributed by atoms with Gasteiger partial charge < -0.3 is 10.6 Å². The molecule has 0 unspecified atom stereocenters. The average Bonchev–Trinajstić information content (AvgIpc) is 3.11. The molecule has 120 valence electrons. The van der Waals surface area contributed by atoms with Gasteiger partial charge in [-0.2, -0.15) is 0 Å². The monoisotopic (exact) mass is 309 g/mol. The highest BCUT2D eigenvalue weighted by atomic mass is 16.2. The number of amides is 2. The Hall–Kier alpha value is -2.33. The van der Waals surface area contributed by atoms with E-state index in [0.29, 0.717) is 6.54 Å². The Morgan fingerprint density at radius 2 is 1.57 bits per heavy atom. The number of hydrogen-bond acceptors (Lipinski definition) is 2. The van der Waals surface area contributed by atoms with E-state index in [1.807, 2.05) is 36.4 Å². The van der Waals surface area contributed by atoms with Crippen LogP contribution in [0.25, 0.3) is 0 Å². The Kier molecular flexibility index (Phi) is 5.27. The highest BCUT2D eigenvalue weighted by Gasteiger charge is 2.23. The van der Waals surface area contributed by atoms with Crippen LogP contribution in [0.5, 0.6) is 0 Å². The summed E-state index contributed by atoms with van der Waals surface area (Å²) in [6, 6.07) is 20.0. The molecule has 2 aromatic carbocycles. The SMILES string of the molecule is O=C(NC[C@@H](c1ccccc1)N1CCCC1)Nc1ccccc1. The third kappa shape index (κ3) is 4.33. The van der Waals surface area contributed by atoms with Gasteiger partial charge in [-0.1, -0.05) is 48.5 Å². The molecule has 0 spiro atoms. The molecular weight excluding hydrogens is 286 g/mol. The second kappa shape index (κ2) is 7.79. The Morgan fingerprint density at radius 3 is 2.22 bits per heavy atom. The van der Waals surface area contributed by atoms with E-state index >= 15 is 0 Å². The van der Waals surface area contributed by atoms with Crippen molar-refractivity contribution < 1.29 is 4.79 Å². The van der Waals surface area contributed by atoms with Crippen molar-refractivity contribution in [2.45, 2.75) is 18.9 Å². The van der Waals surface area contributed by atoms with Gasteiger partial charge >= 0.3 is 6.03 Å². The van der Waals surface area contributed by atoms with Crippen molar-refractivity contribution in [2.24, 2.45) is 0 Å². The molecule has 1 heterocycles. The second-order valence-electron chi connectivity index (χ2n) is 5.87. The predicted octanol–water partition coefficient (Wildman–Crippen LogP) is 3.65. The molecule has 0 bridgehead atoms. The van der Waals surface area contributed by atoms with Crippen molar-refractivity contribution in [1.29, 1.82) is 0 Å². The largest absolute Gasteiger partial charge is 0.336 e. The van der Waals surface area contributed by atoms with Crippen molar-refractivity contribution >= 4 is 11.7 Å². The molecule has 1 fully saturated rings. The van der Waals surface area contributed by atoms with Crippen molar-refractivity contribution in [3.8, 4) is 0 Å². The molecule has 0 aliphatic carbocycles. The van der Waals surface area contributed by atoms with Crippen LogP contribution < -0.4 is 10.6 Å². The maximum Gasteiger partial charge on any atom is 0.319 e. The first-order valence-corrected chi connectivity index (χ1v) is 8.22. The number of carbonyl (C=O) groups is 1. The normalized spacial score (nSPS) is 16.0. The number of benzene rings is 2. The van der Waals surface area contributed by atoms with Crippen LogP contribution in [-0.4, -0.2) is 30.6 Å². The lowest BCUT2D eigenvalue weighted by atomic mass is 10.1. The molecule has 23 heavy (non-hydrogen) atoms. The summed E-state index contributed by atoms with van der Waals surface area (Å²) in [7, 11) is 0. The van der Waals surface area contributed by atoms with Crippen LogP contribution in [0.1, 0.15) is 24.4 Å². The summed E-state index contributed by atoms with van der Waals surface area (Å²) in [4.78, 5) is 14.6. The molecule has 2 N–H and O–H groups in total. The summed E-state index contributed by atoms with van der Waals surface area (Å²) in [6.07, 6.45) is 2.47. The van der Waals surface area contributed by atoms with Gasteiger partial charge in [0.2, 0.25) is 0 Å². The molecular formula is C19H23N3O. The molecule has 3 rings (SSSR count). The number of urea groups is 1. The number of likely N-dealkylation sites (tertiary alicyclic amines) is 1. The molecule has 0 radical (unpaired) electrons. The summed E-state index contributed by atoms with van der Waals surface area (Å²) >= 11 is 0. The van der Waals surface area contributed by atoms with Gasteiger partial charge in [0, 0.05) is 12.2 Å². The lowest BCUT2D eigenvalue weighted by Crippen LogP contribution is -2.38. The third-order valence-electron chi connectivity index (χ3n) is 4.25. The third-order valence-corrected chi connectivity index (χ3v) is 4.25. The van der Waals surface area contributed by atoms with Crippen LogP contribution >= 0.6 is 0 Å². The molecule has 0 saturated carbocycles. The average molecular weight is 309 g/mol. The van der Waals surface area contributed by atoms with Gasteiger partial charge in [-0.3, -0.25) is 4.90 Å². The lowest BCUT2D eigenvalue weighted by molar-refractivity contribution is 0.227. The van der Waals surface area contributed by atoms with Gasteiger partial charge in [0.25, 0.3) is 0 Å². The van der Waals surface area contributed by atoms with E-state index in [0.717, 1.165) is 18.8 Å². The Labute approximate surface area is 137 Å². The number of carbonyl (C=O) groups excluding carboxylic acids is 1. The highest BCUT2D eigenvalue weighted by molar-refractivity contribution is 5.89. The molecule has 4 heteroatoms. The van der Waals surface area contributed by atoms with Crippen molar-refractivity contribution in [3.63, 3.8) is 0 Å². The summed E-state index contributed by atoms with van der Waals surface area (Å²) < 4.78 is 0. The van der Waals surface area contributed by atoms with Crippen molar-refractivity contribution in [2.75, 3.05) is 25.0 Å². The molecule has 2 aromatic rings. The number of nitrogens with one attached hydrogen (secondary N) is 2. The fourth-order valence-corrected chi connectivity index (χ4v) is 3.07. The lowest BCUT2D eigenvalue weighted by Gasteiger charge is -2.28. The smallest absolute Gasteiger partial charge is 0.319 e. The Bertz CT molecular complexity index is 609. The van der Waals surface area contributed by atoms with Gasteiger partial charge in [-0.25, -0.2) is 4.79 Å². The number of anilines is 1. The first-order valence-electron chi connectivity index (χ1n) is 8.22. The molecule has 1 aliphatic heterocycles. The van der Waals surface area contributed by atoms with E-state index in [-0.39, 0.29) is 12.1 Å². The minimum Gasteiger partial charge on any atom is -0.336 e. The van der Waals surface area contributed by atoms with Gasteiger partial charge in [0.1, 0.15) is 0 Å². The Balaban J connectivity index is 1.61. The van der Waals surface area contributed by atoms with Crippen molar-refractivity contribution in [3.05, 3.63) is 66.2 Å². The number of rotatable bonds is 5. The fraction of sp³-hybridized carbons (Fsp3) is 0.316. The zero-order chi connectivity index (χ0) is 15.9. The summed E-state index contributed by atoms with van der Waals surface area (Å²) in [5.74, 6) is 0. The van der Waals surface area contributed by atoms with Crippen LogP contribution in [0.4, 0.5) is 10.5 Å². The molecule has 0 aromatic heterocycles. The summed E-state index contributed by atoms with van der Waals surface area (Å²) in [5.41, 5.74) is 2.07. The van der Waals surface area contributed by atoms with E-state index in [9.17, 15) is 4.79 Å². The summed E-state index contributed by atoms with van der Waals surface area (Å²) in [6.45, 7) is 2.81. The standard InChI is InChI=1S/C19H23N3O/c23-19(21-17-11-5-2-6-12-17)20-15-18(22-13-7-8-14-22)16-9-3-1-4-10-16/h1-6,9-12,18H,7-8,13-15H2,(H2,20,21,23)/t18-/m0/s1. The zero-order valence-corrected chi connectivity index (χ0v) is 13.2. The summed E-state index contributed by atoms with van der Waals surface area (Å²) in [5, 5.41) is 5.89. The maximum absolute atomic E-state index is 12.1. The van der Waals surface area contributed by atoms with Gasteiger partial charge in [0.05, 0.1) is 6.04 Å². The van der Waals surface area contributed by atoms with Crippen LogP contribution in [0.2, 0.25) is 0 Å². The number of nitrogens with zero attached hydrogens (tertiary/aromatic N) is 1. The van der Waals surface area contributed by atoms with E-state index in [1.165, 1.54) is 18.4 Å². The number of hydrogen-bond donors (Lipinski definition) is 2. The topological polar surface area (TPSA) is 44.4 Å². The molecule has 1 aliphatic rings. The second-order valence-corrected chi connectivity index (χ2v) is 5.87. The van der Waals surface area contributed by atoms with E-state index in [1.54, 1.807) is 0 Å². The minimum atomic E-state index is -0.156. The van der Waals surface area contributed by atoms with Crippen LogP contribution in [0, 0.1) is 0 Å². The Morgan fingerprint density at radius 1 is 0.957 bits per heavy atom. The molecule has 2 amide bonds. The van der Waals surface area contributed by atoms with Crippen LogP contribution in [0.3, 0.4) is 0 Å². The van der Waals surface area contributed by atoms with E-state index < -0.39 is 0 Å². The highest BCUT2D eigenvalue weighted by Crippen LogP contribution is 2.24. The first kappa shape index (κ1) is 15.6. The van der Waals surface area contributed by atoms with Crippen LogP contribution in [-0.2, 0) is 0 Å². The number of para-hydroxylation sites is 1. The molecule has 1 atom stereocenters. The van der Waals surface area contributed by atoms with Crippen molar-refractivity contribution in [1.82, 2.24) is 10.2 Å². The first-order chi connectivity index (χ1) is 11.3. The van der Waals surface area contributed by atoms with Gasteiger partial charge in [-0.15, -0.1) is 0 Å². The van der Waals surface area contributed by atoms with E-state index in [4.69, 9.17) is 0 Å². The van der Waals surface area contributed by atoms with E-state index in [2.05, 4.69) is 39.8 Å². The predicted molar refractivity (Wildman–Crippen MR) is 93.5 cm³/mol. The quantitative estimate of drug-likeness (QED) is 0.885. The fourth-order valence-electron chi connectivity index (χ4n) is 3.07. The van der Waals surface area contributed by atoms with Crippen LogP contribution in [0.15, 0.2) is 60.7 Å². The maximum atomic E-state index is 12.1.